The van der Waals surface area contributed by atoms with Crippen molar-refractivity contribution in [3.8, 4) is 5.69 Å². The number of carbonyl (C=O) groups excluding carboxylic acids is 1. The molecule has 0 bridgehead atoms. The molecule has 2 aromatic heterocycles. The highest BCUT2D eigenvalue weighted by Crippen LogP contribution is 2.37. The molecule has 194 valence electrons. The van der Waals surface area contributed by atoms with E-state index in [-0.39, 0.29) is 11.6 Å². The molecule has 9 nitrogen and oxygen atoms in total. The van der Waals surface area contributed by atoms with Crippen LogP contribution in [-0.4, -0.2) is 62.2 Å². The maximum absolute atomic E-state index is 12.9. The van der Waals surface area contributed by atoms with Gasteiger partial charge in [0.25, 0.3) is 5.91 Å². The molecule has 0 aliphatic carbocycles. The average molecular weight is 514 g/mol. The normalized spacial score (nSPS) is 15.1. The molecule has 1 fully saturated rings. The summed E-state index contributed by atoms with van der Waals surface area (Å²) < 4.78 is 32.7. The second-order valence-corrected chi connectivity index (χ2v) is 11.7. The number of amides is 1. The molecule has 0 unspecified atom stereocenters. The molecule has 1 aliphatic rings. The summed E-state index contributed by atoms with van der Waals surface area (Å²) in [5.74, 6) is -0.0427. The van der Waals surface area contributed by atoms with E-state index in [1.165, 1.54) is 0 Å². The van der Waals surface area contributed by atoms with Crippen LogP contribution in [0.25, 0.3) is 16.7 Å². The number of pyridine rings is 1. The highest BCUT2D eigenvalue weighted by molar-refractivity contribution is 7.89. The Labute approximate surface area is 212 Å². The molecular formula is C26H35N5O4S. The third-order valence-corrected chi connectivity index (χ3v) is 7.19. The van der Waals surface area contributed by atoms with Gasteiger partial charge in [-0.05, 0) is 61.8 Å². The Morgan fingerprint density at radius 3 is 2.56 bits per heavy atom. The number of benzene rings is 1. The predicted octanol–water partition coefficient (Wildman–Crippen LogP) is 3.79. The van der Waals surface area contributed by atoms with Gasteiger partial charge in [0, 0.05) is 26.8 Å². The Hall–Kier alpha value is -2.98. The van der Waals surface area contributed by atoms with Crippen molar-refractivity contribution >= 4 is 32.7 Å². The van der Waals surface area contributed by atoms with Crippen molar-refractivity contribution in [2.45, 2.75) is 46.0 Å². The Kier molecular flexibility index (Phi) is 7.65. The second kappa shape index (κ2) is 10.6. The summed E-state index contributed by atoms with van der Waals surface area (Å²) in [6.07, 6.45) is 4.02. The summed E-state index contributed by atoms with van der Waals surface area (Å²) in [6, 6.07) is 9.65. The second-order valence-electron chi connectivity index (χ2n) is 9.93. The van der Waals surface area contributed by atoms with Crippen LogP contribution in [0.4, 0.5) is 5.69 Å². The highest BCUT2D eigenvalue weighted by atomic mass is 32.2. The van der Waals surface area contributed by atoms with Crippen molar-refractivity contribution < 1.29 is 17.9 Å². The Morgan fingerprint density at radius 1 is 1.22 bits per heavy atom. The van der Waals surface area contributed by atoms with Gasteiger partial charge in [-0.3, -0.25) is 4.79 Å². The largest absolute Gasteiger partial charge is 0.385 e. The minimum Gasteiger partial charge on any atom is -0.385 e. The van der Waals surface area contributed by atoms with E-state index in [4.69, 9.17) is 9.84 Å². The summed E-state index contributed by atoms with van der Waals surface area (Å²) >= 11 is 0. The van der Waals surface area contributed by atoms with Gasteiger partial charge in [0.1, 0.15) is 5.69 Å². The fourth-order valence-electron chi connectivity index (χ4n) is 4.80. The number of aromatic nitrogens is 3. The number of anilines is 1. The van der Waals surface area contributed by atoms with E-state index >= 15 is 0 Å². The predicted molar refractivity (Wildman–Crippen MR) is 141 cm³/mol. The SMILES string of the molecule is COCCC1CCN(c2cc(C(=O)NS(C)(=O)=O)nc3c2c(C(C)C)nn3-c2cccc(C)c2)CC1. The number of carbonyl (C=O) groups is 1. The number of hydrogen-bond donors (Lipinski definition) is 1. The number of piperidine rings is 1. The van der Waals surface area contributed by atoms with E-state index in [0.29, 0.717) is 11.6 Å². The first kappa shape index (κ1) is 26.1. The van der Waals surface area contributed by atoms with Gasteiger partial charge >= 0.3 is 0 Å². The zero-order chi connectivity index (χ0) is 26.0. The van der Waals surface area contributed by atoms with Crippen molar-refractivity contribution in [2.75, 3.05) is 38.0 Å². The van der Waals surface area contributed by atoms with Gasteiger partial charge in [-0.2, -0.15) is 5.10 Å². The van der Waals surface area contributed by atoms with E-state index < -0.39 is 15.9 Å². The Morgan fingerprint density at radius 2 is 1.94 bits per heavy atom. The number of nitrogens with zero attached hydrogens (tertiary/aromatic N) is 4. The Balaban J connectivity index is 1.88. The molecule has 1 amide bonds. The van der Waals surface area contributed by atoms with Gasteiger partial charge in [-0.15, -0.1) is 0 Å². The van der Waals surface area contributed by atoms with Crippen molar-refractivity contribution in [3.05, 3.63) is 47.3 Å². The van der Waals surface area contributed by atoms with Gasteiger partial charge < -0.3 is 9.64 Å². The van der Waals surface area contributed by atoms with Crippen LogP contribution in [0.5, 0.6) is 0 Å². The zero-order valence-corrected chi connectivity index (χ0v) is 22.4. The van der Waals surface area contributed by atoms with Crippen molar-refractivity contribution in [2.24, 2.45) is 5.92 Å². The van der Waals surface area contributed by atoms with E-state index in [2.05, 4.69) is 28.5 Å². The van der Waals surface area contributed by atoms with Crippen LogP contribution in [0, 0.1) is 12.8 Å². The van der Waals surface area contributed by atoms with Crippen LogP contribution in [-0.2, 0) is 14.8 Å². The van der Waals surface area contributed by atoms with Gasteiger partial charge in [0.15, 0.2) is 5.65 Å². The smallest absolute Gasteiger partial charge is 0.283 e. The molecule has 4 rings (SSSR count). The van der Waals surface area contributed by atoms with Gasteiger partial charge in [-0.1, -0.05) is 26.0 Å². The average Bonchev–Trinajstić information content (AvgIpc) is 3.21. The summed E-state index contributed by atoms with van der Waals surface area (Å²) in [7, 11) is -2.01. The molecule has 0 saturated carbocycles. The van der Waals surface area contributed by atoms with E-state index in [9.17, 15) is 13.2 Å². The van der Waals surface area contributed by atoms with Crippen LogP contribution in [0.15, 0.2) is 30.3 Å². The fourth-order valence-corrected chi connectivity index (χ4v) is 5.24. The summed E-state index contributed by atoms with van der Waals surface area (Å²) in [4.78, 5) is 19.9. The quantitative estimate of drug-likeness (QED) is 0.488. The van der Waals surface area contributed by atoms with Crippen LogP contribution in [0.2, 0.25) is 0 Å². The maximum Gasteiger partial charge on any atom is 0.283 e. The van der Waals surface area contributed by atoms with Gasteiger partial charge in [0.05, 0.1) is 28.7 Å². The van der Waals surface area contributed by atoms with Crippen LogP contribution in [0.1, 0.15) is 60.8 Å². The molecule has 3 aromatic rings. The van der Waals surface area contributed by atoms with Crippen molar-refractivity contribution in [1.29, 1.82) is 0 Å². The topological polar surface area (TPSA) is 106 Å². The highest BCUT2D eigenvalue weighted by Gasteiger charge is 2.28. The zero-order valence-electron chi connectivity index (χ0n) is 21.6. The standard InChI is InChI=1S/C26H35N5O4S/c1-17(2)24-23-22(30-12-9-19(10-13-30)11-14-35-4)16-21(26(32)29-36(5,33)34)27-25(23)31(28-24)20-8-6-7-18(3)15-20/h6-8,15-17,19H,9-14H2,1-5H3,(H,29,32). The molecule has 36 heavy (non-hydrogen) atoms. The number of fused-ring (bicyclic) bond motifs is 1. The fraction of sp³-hybridized carbons (Fsp3) is 0.500. The lowest BCUT2D eigenvalue weighted by atomic mass is 9.93. The lowest BCUT2D eigenvalue weighted by molar-refractivity contribution is 0.0977. The van der Waals surface area contributed by atoms with Crippen LogP contribution < -0.4 is 9.62 Å². The first-order valence-electron chi connectivity index (χ1n) is 12.3. The third-order valence-electron chi connectivity index (χ3n) is 6.63. The summed E-state index contributed by atoms with van der Waals surface area (Å²) in [5.41, 5.74) is 4.27. The summed E-state index contributed by atoms with van der Waals surface area (Å²) in [5, 5.41) is 5.85. The number of hydrogen-bond acceptors (Lipinski definition) is 7. The molecule has 0 spiro atoms. The molecule has 0 radical (unpaired) electrons. The lowest BCUT2D eigenvalue weighted by Gasteiger charge is -2.34. The maximum atomic E-state index is 12.9. The lowest BCUT2D eigenvalue weighted by Crippen LogP contribution is -2.35. The first-order chi connectivity index (χ1) is 17.1. The number of nitrogens with one attached hydrogen (secondary N) is 1. The minimum absolute atomic E-state index is 0.0496. The number of rotatable bonds is 8. The summed E-state index contributed by atoms with van der Waals surface area (Å²) in [6.45, 7) is 8.60. The first-order valence-corrected chi connectivity index (χ1v) is 14.2. The van der Waals surface area contributed by atoms with Gasteiger partial charge in [0.2, 0.25) is 10.0 Å². The van der Waals surface area contributed by atoms with Crippen LogP contribution in [0.3, 0.4) is 0 Å². The molecule has 0 atom stereocenters. The number of methoxy groups -OCH3 is 1. The van der Waals surface area contributed by atoms with Crippen molar-refractivity contribution in [1.82, 2.24) is 19.5 Å². The van der Waals surface area contributed by atoms with E-state index in [0.717, 1.165) is 73.2 Å². The minimum atomic E-state index is -3.74. The Bertz CT molecular complexity index is 1360. The number of ether oxygens (including phenoxy) is 1. The molecule has 3 heterocycles. The molecule has 10 heteroatoms. The molecule has 1 aromatic carbocycles. The van der Waals surface area contributed by atoms with Gasteiger partial charge in [-0.25, -0.2) is 22.8 Å². The van der Waals surface area contributed by atoms with Crippen molar-refractivity contribution in [3.63, 3.8) is 0 Å². The number of sulfonamides is 1. The van der Waals surface area contributed by atoms with E-state index in [1.54, 1.807) is 17.9 Å². The van der Waals surface area contributed by atoms with E-state index in [1.807, 2.05) is 31.2 Å². The molecule has 1 saturated heterocycles. The third kappa shape index (κ3) is 5.70. The monoisotopic (exact) mass is 513 g/mol. The van der Waals surface area contributed by atoms with Crippen LogP contribution >= 0.6 is 0 Å². The molecule has 1 aliphatic heterocycles. The molecular weight excluding hydrogens is 478 g/mol. The number of aryl methyl sites for hydroxylation is 1. The molecule has 1 N–H and O–H groups in total.